The zero-order chi connectivity index (χ0) is 19.3. The van der Waals surface area contributed by atoms with Crippen molar-refractivity contribution in [2.45, 2.75) is 19.1 Å². The molecule has 26 heavy (non-hydrogen) atoms. The molecule has 0 aliphatic carbocycles. The average molecular weight is 374 g/mol. The highest BCUT2D eigenvalue weighted by atomic mass is 19.4. The quantitative estimate of drug-likeness (QED) is 0.747. The molecule has 1 aromatic carbocycles. The van der Waals surface area contributed by atoms with Crippen LogP contribution in [0.25, 0.3) is 0 Å². The Labute approximate surface area is 146 Å². The van der Waals surface area contributed by atoms with Gasteiger partial charge in [-0.05, 0) is 17.7 Å². The van der Waals surface area contributed by atoms with Gasteiger partial charge in [-0.15, -0.1) is 0 Å². The van der Waals surface area contributed by atoms with Crippen LogP contribution in [0.2, 0.25) is 0 Å². The van der Waals surface area contributed by atoms with Gasteiger partial charge >= 0.3 is 12.1 Å². The van der Waals surface area contributed by atoms with E-state index in [0.29, 0.717) is 16.2 Å². The van der Waals surface area contributed by atoms with Gasteiger partial charge in [0.2, 0.25) is 11.8 Å². The van der Waals surface area contributed by atoms with E-state index in [-0.39, 0.29) is 19.5 Å². The monoisotopic (exact) mass is 374 g/mol. The molecule has 1 aromatic rings. The number of carbonyl (C=O) groups is 3. The van der Waals surface area contributed by atoms with Gasteiger partial charge in [-0.1, -0.05) is 12.1 Å². The molecule has 1 saturated heterocycles. The topological polar surface area (TPSA) is 95.9 Å². The highest BCUT2D eigenvalue weighted by Crippen LogP contribution is 2.24. The molecule has 0 aromatic heterocycles. The van der Waals surface area contributed by atoms with Crippen LogP contribution in [0, 0.1) is 5.92 Å². The first-order valence-corrected chi connectivity index (χ1v) is 7.70. The molecule has 0 unspecified atom stereocenters. The third kappa shape index (κ3) is 5.94. The van der Waals surface area contributed by atoms with Crippen LogP contribution >= 0.6 is 0 Å². The largest absolute Gasteiger partial charge is 0.482 e. The van der Waals surface area contributed by atoms with Crippen LogP contribution in [0.3, 0.4) is 0 Å². The molecule has 1 fully saturated rings. The summed E-state index contributed by atoms with van der Waals surface area (Å²) in [5.74, 6) is -2.87. The van der Waals surface area contributed by atoms with Gasteiger partial charge < -0.3 is 20.1 Å². The van der Waals surface area contributed by atoms with E-state index in [1.54, 1.807) is 24.3 Å². The molecule has 142 valence electrons. The molecule has 0 saturated carbocycles. The van der Waals surface area contributed by atoms with Crippen LogP contribution in [0.4, 0.5) is 13.2 Å². The van der Waals surface area contributed by atoms with Gasteiger partial charge in [0.1, 0.15) is 12.3 Å². The Hall–Kier alpha value is -2.78. The molecule has 0 spiro atoms. The number of aliphatic carboxylic acids is 1. The first kappa shape index (κ1) is 19.5. The molecule has 1 atom stereocenters. The predicted octanol–water partition coefficient (Wildman–Crippen LogP) is 1.18. The lowest BCUT2D eigenvalue weighted by molar-refractivity contribution is -0.157. The first-order chi connectivity index (χ1) is 12.1. The fourth-order valence-corrected chi connectivity index (χ4v) is 2.54. The van der Waals surface area contributed by atoms with Crippen molar-refractivity contribution in [3.05, 3.63) is 29.8 Å². The number of carboxylic acid groups (broad SMARTS) is 1. The van der Waals surface area contributed by atoms with E-state index in [9.17, 15) is 27.6 Å². The minimum atomic E-state index is -4.50. The minimum absolute atomic E-state index is 0.0765. The number of benzene rings is 1. The first-order valence-electron chi connectivity index (χ1n) is 7.70. The maximum Gasteiger partial charge on any atom is 0.406 e. The number of hydrogen-bond donors (Lipinski definition) is 2. The number of rotatable bonds is 7. The smallest absolute Gasteiger partial charge is 0.406 e. The number of alkyl halides is 3. The lowest BCUT2D eigenvalue weighted by atomic mass is 10.1. The Balaban J connectivity index is 1.86. The van der Waals surface area contributed by atoms with Crippen molar-refractivity contribution in [1.29, 1.82) is 0 Å². The second-order valence-electron chi connectivity index (χ2n) is 5.84. The number of nitrogens with one attached hydrogen (secondary N) is 1. The van der Waals surface area contributed by atoms with E-state index in [1.807, 2.05) is 0 Å². The summed E-state index contributed by atoms with van der Waals surface area (Å²) in [5.41, 5.74) is 0.623. The van der Waals surface area contributed by atoms with Crippen LogP contribution in [0.15, 0.2) is 24.3 Å². The number of likely N-dealkylation sites (tertiary alicyclic amines) is 1. The van der Waals surface area contributed by atoms with Crippen LogP contribution in [-0.2, 0) is 20.9 Å². The summed E-state index contributed by atoms with van der Waals surface area (Å²) in [6.07, 6.45) is -4.76. The Morgan fingerprint density at radius 3 is 2.73 bits per heavy atom. The maximum atomic E-state index is 12.4. The summed E-state index contributed by atoms with van der Waals surface area (Å²) in [4.78, 5) is 34.8. The van der Waals surface area contributed by atoms with Gasteiger partial charge in [-0.2, -0.15) is 13.2 Å². The number of amides is 2. The van der Waals surface area contributed by atoms with Gasteiger partial charge in [0.25, 0.3) is 0 Å². The van der Waals surface area contributed by atoms with Crippen molar-refractivity contribution in [2.24, 2.45) is 5.92 Å². The van der Waals surface area contributed by atoms with Gasteiger partial charge in [0.05, 0.1) is 5.92 Å². The average Bonchev–Trinajstić information content (AvgIpc) is 2.90. The van der Waals surface area contributed by atoms with Crippen molar-refractivity contribution in [3.63, 3.8) is 0 Å². The van der Waals surface area contributed by atoms with Crippen molar-refractivity contribution in [3.8, 4) is 5.75 Å². The highest BCUT2D eigenvalue weighted by Gasteiger charge is 2.40. The summed E-state index contributed by atoms with van der Waals surface area (Å²) in [6, 6.07) is 6.38. The Bertz CT molecular complexity index is 693. The lowest BCUT2D eigenvalue weighted by Crippen LogP contribution is -2.37. The van der Waals surface area contributed by atoms with Crippen LogP contribution in [0.1, 0.15) is 12.0 Å². The zero-order valence-electron chi connectivity index (χ0n) is 13.6. The number of ether oxygens (including phenoxy) is 1. The Kier molecular flexibility index (Phi) is 6.06. The normalized spacial score (nSPS) is 17.3. The van der Waals surface area contributed by atoms with Gasteiger partial charge in [-0.3, -0.25) is 9.59 Å². The summed E-state index contributed by atoms with van der Waals surface area (Å²) in [7, 11) is 0. The molecule has 0 bridgehead atoms. The van der Waals surface area contributed by atoms with Crippen molar-refractivity contribution in [2.75, 3.05) is 19.7 Å². The van der Waals surface area contributed by atoms with E-state index >= 15 is 0 Å². The summed E-state index contributed by atoms with van der Waals surface area (Å²) in [6.45, 7) is -2.06. The molecule has 2 N–H and O–H groups in total. The fraction of sp³-hybridized carbons (Fsp3) is 0.438. The van der Waals surface area contributed by atoms with Gasteiger partial charge in [0.15, 0.2) is 6.61 Å². The van der Waals surface area contributed by atoms with Crippen molar-refractivity contribution >= 4 is 17.8 Å². The number of halogens is 3. The molecular weight excluding hydrogens is 357 g/mol. The van der Waals surface area contributed by atoms with E-state index in [2.05, 4.69) is 5.32 Å². The van der Waals surface area contributed by atoms with E-state index in [4.69, 9.17) is 9.84 Å². The van der Waals surface area contributed by atoms with E-state index < -0.39 is 43.0 Å². The summed E-state index contributed by atoms with van der Waals surface area (Å²) >= 11 is 0. The number of nitrogens with zero attached hydrogens (tertiary/aromatic N) is 1. The number of hydrogen-bond acceptors (Lipinski definition) is 4. The SMILES string of the molecule is O=C(O)COc1cccc(CNC(=O)[C@H]2CC(=O)N(CC(F)(F)F)C2)c1. The molecular formula is C16H17F3N2O5. The summed E-state index contributed by atoms with van der Waals surface area (Å²) in [5, 5.41) is 11.1. The molecule has 1 aliphatic rings. The number of carboxylic acids is 1. The third-order valence-electron chi connectivity index (χ3n) is 3.68. The van der Waals surface area contributed by atoms with Crippen LogP contribution in [0.5, 0.6) is 5.75 Å². The number of carbonyl (C=O) groups excluding carboxylic acids is 2. The molecule has 2 amide bonds. The standard InChI is InChI=1S/C16H17F3N2O5/c17-16(18,19)9-21-7-11(5-13(21)22)15(25)20-6-10-2-1-3-12(4-10)26-8-14(23)24/h1-4,11H,5-9H2,(H,20,25)(H,23,24)/t11-/m0/s1. The fourth-order valence-electron chi connectivity index (χ4n) is 2.54. The highest BCUT2D eigenvalue weighted by molar-refractivity contribution is 5.89. The molecule has 10 heteroatoms. The summed E-state index contributed by atoms with van der Waals surface area (Å²) < 4.78 is 42.2. The molecule has 2 rings (SSSR count). The van der Waals surface area contributed by atoms with Crippen molar-refractivity contribution in [1.82, 2.24) is 10.2 Å². The Morgan fingerprint density at radius 2 is 2.08 bits per heavy atom. The third-order valence-corrected chi connectivity index (χ3v) is 3.68. The van der Waals surface area contributed by atoms with Crippen LogP contribution in [-0.4, -0.2) is 53.7 Å². The molecule has 1 heterocycles. The Morgan fingerprint density at radius 1 is 1.35 bits per heavy atom. The second-order valence-corrected chi connectivity index (χ2v) is 5.84. The van der Waals surface area contributed by atoms with Crippen LogP contribution < -0.4 is 10.1 Å². The van der Waals surface area contributed by atoms with E-state index in [1.165, 1.54) is 0 Å². The maximum absolute atomic E-state index is 12.4. The van der Waals surface area contributed by atoms with Gasteiger partial charge in [-0.25, -0.2) is 4.79 Å². The second kappa shape index (κ2) is 8.07. The van der Waals surface area contributed by atoms with E-state index in [0.717, 1.165) is 0 Å². The zero-order valence-corrected chi connectivity index (χ0v) is 13.6. The minimum Gasteiger partial charge on any atom is -0.482 e. The predicted molar refractivity (Wildman–Crippen MR) is 82.2 cm³/mol. The lowest BCUT2D eigenvalue weighted by Gasteiger charge is -2.18. The molecule has 1 aliphatic heterocycles. The van der Waals surface area contributed by atoms with Crippen molar-refractivity contribution < 1.29 is 37.4 Å². The van der Waals surface area contributed by atoms with Gasteiger partial charge in [0, 0.05) is 19.5 Å². The molecule has 7 nitrogen and oxygen atoms in total. The molecule has 0 radical (unpaired) electrons.